The van der Waals surface area contributed by atoms with Gasteiger partial charge in [-0.15, -0.1) is 0 Å². The highest BCUT2D eigenvalue weighted by atomic mass is 14.9. The lowest BCUT2D eigenvalue weighted by molar-refractivity contribution is 0.0414. The Kier molecular flexibility index (Phi) is 2.42. The summed E-state index contributed by atoms with van der Waals surface area (Å²) in [6.45, 7) is 12.2. The Morgan fingerprint density at radius 3 is 2.36 bits per heavy atom. The summed E-state index contributed by atoms with van der Waals surface area (Å²) in [6.07, 6.45) is 4.29. The summed E-state index contributed by atoms with van der Waals surface area (Å²) in [5.74, 6) is 1.85. The summed E-state index contributed by atoms with van der Waals surface area (Å²) in [7, 11) is 0. The average Bonchev–Trinajstić information content (AvgIpc) is 2.82. The molecule has 1 aliphatic carbocycles. The zero-order valence-electron chi connectivity index (χ0n) is 10.2. The van der Waals surface area contributed by atoms with Crippen molar-refractivity contribution >= 4 is 0 Å². The molecule has 1 heteroatoms. The van der Waals surface area contributed by atoms with E-state index in [2.05, 4.69) is 33.0 Å². The van der Waals surface area contributed by atoms with Crippen molar-refractivity contribution in [3.63, 3.8) is 0 Å². The van der Waals surface area contributed by atoms with Crippen molar-refractivity contribution in [1.29, 1.82) is 0 Å². The first-order valence-corrected chi connectivity index (χ1v) is 6.20. The van der Waals surface area contributed by atoms with E-state index >= 15 is 0 Å². The normalized spacial score (nSPS) is 36.0. The van der Waals surface area contributed by atoms with E-state index in [1.807, 2.05) is 0 Å². The largest absolute Gasteiger partial charge is 0.316 e. The number of hydrogen-bond acceptors (Lipinski definition) is 1. The van der Waals surface area contributed by atoms with Crippen LogP contribution in [0.5, 0.6) is 0 Å². The highest BCUT2D eigenvalue weighted by molar-refractivity contribution is 5.07. The molecule has 0 radical (unpaired) electrons. The van der Waals surface area contributed by atoms with Gasteiger partial charge in [-0.2, -0.15) is 0 Å². The second kappa shape index (κ2) is 3.23. The molecule has 1 aliphatic heterocycles. The summed E-state index contributed by atoms with van der Waals surface area (Å²) in [6, 6.07) is 0. The Hall–Kier alpha value is -0.0400. The van der Waals surface area contributed by atoms with Crippen molar-refractivity contribution < 1.29 is 0 Å². The van der Waals surface area contributed by atoms with Crippen LogP contribution in [0.4, 0.5) is 0 Å². The molecular weight excluding hydrogens is 170 g/mol. The van der Waals surface area contributed by atoms with Crippen LogP contribution in [0.1, 0.15) is 47.0 Å². The second-order valence-corrected chi connectivity index (χ2v) is 6.51. The monoisotopic (exact) mass is 195 g/mol. The minimum atomic E-state index is 0.499. The third-order valence-electron chi connectivity index (χ3n) is 4.36. The van der Waals surface area contributed by atoms with Crippen molar-refractivity contribution in [1.82, 2.24) is 5.32 Å². The van der Waals surface area contributed by atoms with Crippen LogP contribution in [-0.2, 0) is 0 Å². The van der Waals surface area contributed by atoms with Crippen LogP contribution in [0.3, 0.4) is 0 Å². The second-order valence-electron chi connectivity index (χ2n) is 6.51. The molecule has 2 fully saturated rings. The number of rotatable bonds is 1. The Morgan fingerprint density at radius 2 is 1.93 bits per heavy atom. The van der Waals surface area contributed by atoms with Crippen LogP contribution >= 0.6 is 0 Å². The summed E-state index contributed by atoms with van der Waals surface area (Å²) < 4.78 is 0. The van der Waals surface area contributed by atoms with E-state index < -0.39 is 0 Å². The molecule has 2 atom stereocenters. The molecule has 1 saturated heterocycles. The predicted molar refractivity (Wildman–Crippen MR) is 61.3 cm³/mol. The third kappa shape index (κ3) is 1.60. The van der Waals surface area contributed by atoms with Crippen LogP contribution in [0.15, 0.2) is 0 Å². The van der Waals surface area contributed by atoms with Crippen LogP contribution in [-0.4, -0.2) is 13.1 Å². The molecule has 0 aromatic heterocycles. The lowest BCUT2D eigenvalue weighted by Gasteiger charge is -2.46. The summed E-state index contributed by atoms with van der Waals surface area (Å²) in [4.78, 5) is 0. The molecule has 2 unspecified atom stereocenters. The van der Waals surface area contributed by atoms with E-state index in [0.29, 0.717) is 10.8 Å². The number of hydrogen-bond donors (Lipinski definition) is 1. The maximum absolute atomic E-state index is 3.64. The SMILES string of the molecule is CCC1CNCC2(CC2)C1C(C)(C)C. The first kappa shape index (κ1) is 10.5. The molecule has 0 aromatic rings. The maximum Gasteiger partial charge on any atom is 0.00109 e. The summed E-state index contributed by atoms with van der Waals surface area (Å²) >= 11 is 0. The van der Waals surface area contributed by atoms with E-state index in [1.165, 1.54) is 32.4 Å². The highest BCUT2D eigenvalue weighted by Crippen LogP contribution is 2.61. The fourth-order valence-electron chi connectivity index (χ4n) is 3.89. The Balaban J connectivity index is 2.20. The van der Waals surface area contributed by atoms with Gasteiger partial charge in [-0.3, -0.25) is 0 Å². The van der Waals surface area contributed by atoms with Crippen LogP contribution in [0, 0.1) is 22.7 Å². The van der Waals surface area contributed by atoms with E-state index in [4.69, 9.17) is 0 Å². The molecule has 0 amide bonds. The van der Waals surface area contributed by atoms with Gasteiger partial charge in [-0.1, -0.05) is 34.1 Å². The van der Waals surface area contributed by atoms with Gasteiger partial charge >= 0.3 is 0 Å². The lowest BCUT2D eigenvalue weighted by atomic mass is 9.62. The topological polar surface area (TPSA) is 12.0 Å². The number of nitrogens with one attached hydrogen (secondary N) is 1. The van der Waals surface area contributed by atoms with Crippen LogP contribution in [0.2, 0.25) is 0 Å². The fraction of sp³-hybridized carbons (Fsp3) is 1.00. The minimum Gasteiger partial charge on any atom is -0.316 e. The molecule has 2 aliphatic rings. The highest BCUT2D eigenvalue weighted by Gasteiger charge is 2.56. The molecule has 82 valence electrons. The van der Waals surface area contributed by atoms with Crippen molar-refractivity contribution in [3.8, 4) is 0 Å². The molecule has 1 heterocycles. The maximum atomic E-state index is 3.64. The Bertz CT molecular complexity index is 210. The van der Waals surface area contributed by atoms with Crippen molar-refractivity contribution in [3.05, 3.63) is 0 Å². The quantitative estimate of drug-likeness (QED) is 0.678. The Morgan fingerprint density at radius 1 is 1.29 bits per heavy atom. The molecular formula is C13H25N. The van der Waals surface area contributed by atoms with E-state index in [-0.39, 0.29) is 0 Å². The van der Waals surface area contributed by atoms with Gasteiger partial charge in [0.15, 0.2) is 0 Å². The van der Waals surface area contributed by atoms with Crippen molar-refractivity contribution in [2.45, 2.75) is 47.0 Å². The zero-order chi connectivity index (χ0) is 10.4. The molecule has 14 heavy (non-hydrogen) atoms. The first-order chi connectivity index (χ1) is 6.49. The zero-order valence-corrected chi connectivity index (χ0v) is 10.2. The van der Waals surface area contributed by atoms with Crippen molar-refractivity contribution in [2.24, 2.45) is 22.7 Å². The molecule has 0 aromatic carbocycles. The van der Waals surface area contributed by atoms with Gasteiger partial charge in [0.25, 0.3) is 0 Å². The van der Waals surface area contributed by atoms with Crippen LogP contribution < -0.4 is 5.32 Å². The van der Waals surface area contributed by atoms with Gasteiger partial charge < -0.3 is 5.32 Å². The van der Waals surface area contributed by atoms with Gasteiger partial charge in [0.2, 0.25) is 0 Å². The van der Waals surface area contributed by atoms with Crippen molar-refractivity contribution in [2.75, 3.05) is 13.1 Å². The molecule has 0 bridgehead atoms. The molecule has 1 N–H and O–H groups in total. The average molecular weight is 195 g/mol. The van der Waals surface area contributed by atoms with Gasteiger partial charge in [0.1, 0.15) is 0 Å². The fourth-order valence-corrected chi connectivity index (χ4v) is 3.89. The summed E-state index contributed by atoms with van der Waals surface area (Å²) in [5, 5.41) is 3.64. The van der Waals surface area contributed by atoms with Gasteiger partial charge in [0, 0.05) is 6.54 Å². The third-order valence-corrected chi connectivity index (χ3v) is 4.36. The van der Waals surface area contributed by atoms with Gasteiger partial charge in [0.05, 0.1) is 0 Å². The van der Waals surface area contributed by atoms with Gasteiger partial charge in [-0.05, 0) is 42.1 Å². The lowest BCUT2D eigenvalue weighted by Crippen LogP contribution is -2.49. The first-order valence-electron chi connectivity index (χ1n) is 6.20. The summed E-state index contributed by atoms with van der Waals surface area (Å²) in [5.41, 5.74) is 1.19. The van der Waals surface area contributed by atoms with Crippen LogP contribution in [0.25, 0.3) is 0 Å². The smallest absolute Gasteiger partial charge is 0.00109 e. The number of piperidine rings is 1. The standard InChI is InChI=1S/C13H25N/c1-5-10-8-14-9-13(6-7-13)11(10)12(2,3)4/h10-11,14H,5-9H2,1-4H3. The molecule has 1 nitrogen and oxygen atoms in total. The van der Waals surface area contributed by atoms with Gasteiger partial charge in [-0.25, -0.2) is 0 Å². The van der Waals surface area contributed by atoms with E-state index in [9.17, 15) is 0 Å². The Labute approximate surface area is 88.7 Å². The molecule has 1 spiro atoms. The van der Waals surface area contributed by atoms with E-state index in [1.54, 1.807) is 0 Å². The van der Waals surface area contributed by atoms with E-state index in [0.717, 1.165) is 11.8 Å². The molecule has 1 saturated carbocycles. The predicted octanol–water partition coefficient (Wildman–Crippen LogP) is 3.06. The molecule has 2 rings (SSSR count). The minimum absolute atomic E-state index is 0.499.